The van der Waals surface area contributed by atoms with Crippen molar-refractivity contribution in [3.63, 3.8) is 0 Å². The van der Waals surface area contributed by atoms with E-state index in [4.69, 9.17) is 11.6 Å². The number of rotatable bonds is 10. The minimum absolute atomic E-state index is 0.0718. The quantitative estimate of drug-likeness (QED) is 0.314. The number of hydrogen-bond acceptors (Lipinski definition) is 4. The fraction of sp³-hybridized carbons (Fsp3) is 0.375. The first-order valence-corrected chi connectivity index (χ1v) is 15.8. The second-order valence-corrected chi connectivity index (χ2v) is 13.2. The third-order valence-corrected chi connectivity index (χ3v) is 9.63. The summed E-state index contributed by atoms with van der Waals surface area (Å²) in [6.45, 7) is 6.98. The van der Waals surface area contributed by atoms with E-state index < -0.39 is 28.5 Å². The fourth-order valence-corrected chi connectivity index (χ4v) is 6.94. The van der Waals surface area contributed by atoms with Crippen LogP contribution in [-0.2, 0) is 26.2 Å². The van der Waals surface area contributed by atoms with Crippen molar-refractivity contribution in [1.82, 2.24) is 10.2 Å². The zero-order chi connectivity index (χ0) is 29.7. The van der Waals surface area contributed by atoms with Gasteiger partial charge in [-0.1, -0.05) is 72.0 Å². The molecule has 41 heavy (non-hydrogen) atoms. The molecule has 0 bridgehead atoms. The lowest BCUT2D eigenvalue weighted by Gasteiger charge is -2.33. The maximum Gasteiger partial charge on any atom is 0.264 e. The summed E-state index contributed by atoms with van der Waals surface area (Å²) in [5.74, 6) is -0.723. The molecule has 4 rings (SSSR count). The Bertz CT molecular complexity index is 1500. The Kier molecular flexibility index (Phi) is 9.76. The zero-order valence-corrected chi connectivity index (χ0v) is 25.6. The molecule has 218 valence electrons. The third kappa shape index (κ3) is 7.49. The molecule has 7 nitrogen and oxygen atoms in total. The van der Waals surface area contributed by atoms with E-state index in [9.17, 15) is 18.0 Å². The van der Waals surface area contributed by atoms with Crippen LogP contribution >= 0.6 is 11.6 Å². The normalized spacial score (nSPS) is 14.5. The average Bonchev–Trinajstić information content (AvgIpc) is 3.43. The van der Waals surface area contributed by atoms with Gasteiger partial charge in [-0.05, 0) is 82.0 Å². The van der Waals surface area contributed by atoms with Crippen molar-refractivity contribution in [1.29, 1.82) is 0 Å². The molecule has 1 aliphatic rings. The standard InChI is InChI=1S/C32H38ClN3O4S/c1-22-12-15-29(16-13-22)41(39,40)36(30-17-14-27(33)19-24(30)3)21-31(37)35(20-26-9-7-8-23(2)18-26)25(4)32(38)34-28-10-5-6-11-28/h7-9,12-19,25,28H,5-6,10-11,20-21H2,1-4H3,(H,34,38)/t25-/m0/s1. The van der Waals surface area contributed by atoms with Gasteiger partial charge in [0.2, 0.25) is 11.8 Å². The van der Waals surface area contributed by atoms with Crippen LogP contribution in [-0.4, -0.2) is 43.8 Å². The number of hydrogen-bond donors (Lipinski definition) is 1. The molecule has 0 aliphatic heterocycles. The number of aryl methyl sites for hydroxylation is 3. The Morgan fingerprint density at radius 1 is 0.951 bits per heavy atom. The number of anilines is 1. The van der Waals surface area contributed by atoms with E-state index in [1.54, 1.807) is 44.2 Å². The van der Waals surface area contributed by atoms with Gasteiger partial charge in [-0.25, -0.2) is 8.42 Å². The lowest BCUT2D eigenvalue weighted by atomic mass is 10.1. The van der Waals surface area contributed by atoms with E-state index in [-0.39, 0.29) is 23.4 Å². The lowest BCUT2D eigenvalue weighted by molar-refractivity contribution is -0.139. The molecule has 9 heteroatoms. The number of amides is 2. The Morgan fingerprint density at radius 3 is 2.27 bits per heavy atom. The Morgan fingerprint density at radius 2 is 1.63 bits per heavy atom. The first-order valence-electron chi connectivity index (χ1n) is 14.0. The number of sulfonamides is 1. The average molecular weight is 596 g/mol. The molecule has 0 heterocycles. The van der Waals surface area contributed by atoms with Crippen LogP contribution in [0.2, 0.25) is 5.02 Å². The molecule has 1 atom stereocenters. The number of nitrogens with zero attached hydrogens (tertiary/aromatic N) is 2. The number of benzene rings is 3. The second-order valence-electron chi connectivity index (χ2n) is 10.9. The highest BCUT2D eigenvalue weighted by atomic mass is 35.5. The largest absolute Gasteiger partial charge is 0.352 e. The van der Waals surface area contributed by atoms with Crippen molar-refractivity contribution in [3.05, 3.63) is 94.0 Å². The fourth-order valence-electron chi connectivity index (χ4n) is 5.23. The van der Waals surface area contributed by atoms with Gasteiger partial charge in [0.05, 0.1) is 10.6 Å². The number of halogens is 1. The van der Waals surface area contributed by atoms with Gasteiger partial charge in [-0.15, -0.1) is 0 Å². The van der Waals surface area contributed by atoms with Crippen LogP contribution in [0.4, 0.5) is 5.69 Å². The number of carbonyl (C=O) groups is 2. The van der Waals surface area contributed by atoms with E-state index in [1.165, 1.54) is 17.0 Å². The summed E-state index contributed by atoms with van der Waals surface area (Å²) in [4.78, 5) is 29.0. The molecular formula is C32H38ClN3O4S. The van der Waals surface area contributed by atoms with Gasteiger partial charge in [-0.2, -0.15) is 0 Å². The molecule has 1 N–H and O–H groups in total. The Hall–Kier alpha value is -3.36. The highest BCUT2D eigenvalue weighted by Gasteiger charge is 2.34. The number of nitrogens with one attached hydrogen (secondary N) is 1. The van der Waals surface area contributed by atoms with E-state index in [1.807, 2.05) is 38.1 Å². The number of carbonyl (C=O) groups excluding carboxylic acids is 2. The van der Waals surface area contributed by atoms with Crippen LogP contribution in [0.5, 0.6) is 0 Å². The predicted molar refractivity (Wildman–Crippen MR) is 163 cm³/mol. The van der Waals surface area contributed by atoms with Crippen molar-refractivity contribution in [2.45, 2.75) is 76.9 Å². The summed E-state index contributed by atoms with van der Waals surface area (Å²) in [6, 6.07) is 18.4. The molecule has 1 fully saturated rings. The smallest absolute Gasteiger partial charge is 0.264 e. The van der Waals surface area contributed by atoms with Crippen LogP contribution in [0.3, 0.4) is 0 Å². The van der Waals surface area contributed by atoms with Gasteiger partial charge in [-0.3, -0.25) is 13.9 Å². The molecule has 0 saturated heterocycles. The summed E-state index contributed by atoms with van der Waals surface area (Å²) < 4.78 is 29.2. The molecule has 3 aromatic rings. The molecule has 0 radical (unpaired) electrons. The highest BCUT2D eigenvalue weighted by Crippen LogP contribution is 2.30. The van der Waals surface area contributed by atoms with Crippen molar-refractivity contribution in [2.24, 2.45) is 0 Å². The van der Waals surface area contributed by atoms with Crippen molar-refractivity contribution in [2.75, 3.05) is 10.8 Å². The van der Waals surface area contributed by atoms with Gasteiger partial charge in [0, 0.05) is 17.6 Å². The van der Waals surface area contributed by atoms with E-state index >= 15 is 0 Å². The molecule has 0 spiro atoms. The second kappa shape index (κ2) is 13.1. The van der Waals surface area contributed by atoms with Gasteiger partial charge < -0.3 is 10.2 Å². The maximum atomic E-state index is 14.1. The first kappa shape index (κ1) is 30.6. The van der Waals surface area contributed by atoms with Crippen LogP contribution in [0, 0.1) is 20.8 Å². The highest BCUT2D eigenvalue weighted by molar-refractivity contribution is 7.92. The van der Waals surface area contributed by atoms with Crippen LogP contribution in [0.15, 0.2) is 71.6 Å². The summed E-state index contributed by atoms with van der Waals surface area (Å²) in [5, 5.41) is 3.56. The van der Waals surface area contributed by atoms with Crippen LogP contribution in [0.1, 0.15) is 54.9 Å². The first-order chi connectivity index (χ1) is 19.5. The maximum absolute atomic E-state index is 14.1. The van der Waals surface area contributed by atoms with E-state index in [0.717, 1.165) is 46.7 Å². The van der Waals surface area contributed by atoms with Crippen molar-refractivity contribution >= 4 is 39.1 Å². The molecule has 0 aromatic heterocycles. The molecular weight excluding hydrogens is 558 g/mol. The minimum Gasteiger partial charge on any atom is -0.352 e. The zero-order valence-electron chi connectivity index (χ0n) is 24.1. The van der Waals surface area contributed by atoms with Crippen LogP contribution < -0.4 is 9.62 Å². The molecule has 0 unspecified atom stereocenters. The van der Waals surface area contributed by atoms with Crippen LogP contribution in [0.25, 0.3) is 0 Å². The van der Waals surface area contributed by atoms with Crippen molar-refractivity contribution < 1.29 is 18.0 Å². The Balaban J connectivity index is 1.71. The Labute approximate surface area is 248 Å². The molecule has 1 saturated carbocycles. The topological polar surface area (TPSA) is 86.8 Å². The lowest BCUT2D eigenvalue weighted by Crippen LogP contribution is -2.52. The molecule has 2 amide bonds. The van der Waals surface area contributed by atoms with Gasteiger partial charge in [0.15, 0.2) is 0 Å². The van der Waals surface area contributed by atoms with E-state index in [0.29, 0.717) is 16.3 Å². The third-order valence-electron chi connectivity index (χ3n) is 7.62. The van der Waals surface area contributed by atoms with Gasteiger partial charge >= 0.3 is 0 Å². The molecule has 1 aliphatic carbocycles. The summed E-state index contributed by atoms with van der Waals surface area (Å²) in [7, 11) is -4.14. The summed E-state index contributed by atoms with van der Waals surface area (Å²) >= 11 is 6.19. The molecule has 3 aromatic carbocycles. The summed E-state index contributed by atoms with van der Waals surface area (Å²) in [5.41, 5.74) is 3.76. The minimum atomic E-state index is -4.14. The van der Waals surface area contributed by atoms with Gasteiger partial charge in [0.1, 0.15) is 12.6 Å². The SMILES string of the molecule is Cc1ccc(S(=O)(=O)N(CC(=O)N(Cc2cccc(C)c2)[C@@H](C)C(=O)NC2CCCC2)c2ccc(Cl)cc2C)cc1. The van der Waals surface area contributed by atoms with E-state index in [2.05, 4.69) is 5.32 Å². The predicted octanol–water partition coefficient (Wildman–Crippen LogP) is 5.94. The van der Waals surface area contributed by atoms with Crippen molar-refractivity contribution in [3.8, 4) is 0 Å². The van der Waals surface area contributed by atoms with Gasteiger partial charge in [0.25, 0.3) is 10.0 Å². The summed E-state index contributed by atoms with van der Waals surface area (Å²) in [6.07, 6.45) is 3.97. The monoisotopic (exact) mass is 595 g/mol.